The maximum Gasteiger partial charge on any atom is 0.265 e. The first kappa shape index (κ1) is 27.2. The molecule has 0 aromatic heterocycles. The molecule has 0 saturated carbocycles. The Labute approximate surface area is 244 Å². The van der Waals surface area contributed by atoms with Crippen molar-refractivity contribution in [2.75, 3.05) is 11.5 Å². The molecule has 6 rings (SSSR count). The number of para-hydroxylation sites is 1. The fourth-order valence-corrected chi connectivity index (χ4v) is 5.97. The molecule has 0 spiro atoms. The first-order valence-corrected chi connectivity index (χ1v) is 14.3. The molecule has 0 aliphatic rings. The van der Waals surface area contributed by atoms with E-state index in [-0.39, 0.29) is 5.91 Å². The van der Waals surface area contributed by atoms with E-state index in [0.29, 0.717) is 30.7 Å². The van der Waals surface area contributed by atoms with Crippen molar-refractivity contribution >= 4 is 67.4 Å². The van der Waals surface area contributed by atoms with Crippen LogP contribution in [0.2, 0.25) is 0 Å². The zero-order valence-electron chi connectivity index (χ0n) is 23.5. The number of aryl methyl sites for hydroxylation is 1. The predicted octanol–water partition coefficient (Wildman–Crippen LogP) is 8.55. The van der Waals surface area contributed by atoms with Gasteiger partial charge in [0.2, 0.25) is 6.41 Å². The quantitative estimate of drug-likeness (QED) is 0.0969. The van der Waals surface area contributed by atoms with Crippen LogP contribution in [-0.2, 0) is 9.59 Å². The van der Waals surface area contributed by atoms with Crippen LogP contribution in [0.3, 0.4) is 0 Å². The summed E-state index contributed by atoms with van der Waals surface area (Å²) < 4.78 is 6.05. The number of ether oxygens (including phenoxy) is 1. The highest BCUT2D eigenvalue weighted by molar-refractivity contribution is 6.34. The van der Waals surface area contributed by atoms with Crippen molar-refractivity contribution in [2.45, 2.75) is 32.6 Å². The van der Waals surface area contributed by atoms with Crippen molar-refractivity contribution < 1.29 is 19.1 Å². The number of unbranched alkanes of at least 4 members (excludes halogenated alkanes) is 3. The van der Waals surface area contributed by atoms with Gasteiger partial charge in [-0.05, 0) is 99.1 Å². The Morgan fingerprint density at radius 3 is 2.21 bits per heavy atom. The molecular formula is C37H31NO4. The molecule has 5 nitrogen and oxygen atoms in total. The van der Waals surface area contributed by atoms with Crippen LogP contribution >= 0.6 is 0 Å². The Bertz CT molecular complexity index is 1960. The highest BCUT2D eigenvalue weighted by Gasteiger charge is 2.25. The molecule has 0 aliphatic carbocycles. The van der Waals surface area contributed by atoms with E-state index < -0.39 is 0 Å². The van der Waals surface area contributed by atoms with Crippen molar-refractivity contribution in [3.8, 4) is 5.75 Å². The number of carbonyl (C=O) groups is 3. The molecule has 6 aromatic carbocycles. The summed E-state index contributed by atoms with van der Waals surface area (Å²) in [7, 11) is 0. The van der Waals surface area contributed by atoms with Gasteiger partial charge in [0.1, 0.15) is 12.0 Å². The van der Waals surface area contributed by atoms with Gasteiger partial charge in [-0.3, -0.25) is 9.59 Å². The van der Waals surface area contributed by atoms with E-state index in [4.69, 9.17) is 4.74 Å². The lowest BCUT2D eigenvalue weighted by Crippen LogP contribution is -2.30. The lowest BCUT2D eigenvalue weighted by molar-refractivity contribution is -0.108. The summed E-state index contributed by atoms with van der Waals surface area (Å²) in [6.07, 6.45) is 4.86. The second-order valence-electron chi connectivity index (χ2n) is 10.6. The number of imide groups is 1. The largest absolute Gasteiger partial charge is 0.494 e. The Morgan fingerprint density at radius 2 is 1.40 bits per heavy atom. The van der Waals surface area contributed by atoms with Gasteiger partial charge in [0, 0.05) is 6.42 Å². The maximum atomic E-state index is 14.2. The molecule has 0 aliphatic heterocycles. The molecule has 0 heterocycles. The Kier molecular flexibility index (Phi) is 7.65. The Morgan fingerprint density at radius 1 is 0.714 bits per heavy atom. The third-order valence-electron chi connectivity index (χ3n) is 8.03. The Hall–Kier alpha value is -5.03. The normalized spacial score (nSPS) is 11.3. The van der Waals surface area contributed by atoms with Crippen molar-refractivity contribution in [3.63, 3.8) is 0 Å². The molecule has 2 amide bonds. The number of hydrogen-bond donors (Lipinski definition) is 0. The summed E-state index contributed by atoms with van der Waals surface area (Å²) in [5.41, 5.74) is 1.88. The van der Waals surface area contributed by atoms with Gasteiger partial charge in [-0.15, -0.1) is 0 Å². The SMILES string of the molecule is Cc1c(C(=O)N(C=O)c2ccccc2)c2ccc3cc(OCCCCCC=O)ccc3c2c2c1ccc1ccccc12. The summed E-state index contributed by atoms with van der Waals surface area (Å²) in [4.78, 5) is 38.2. The van der Waals surface area contributed by atoms with Gasteiger partial charge >= 0.3 is 0 Å². The maximum absolute atomic E-state index is 14.2. The number of benzene rings is 6. The molecule has 0 N–H and O–H groups in total. The number of amides is 2. The number of nitrogens with zero attached hydrogens (tertiary/aromatic N) is 1. The van der Waals surface area contributed by atoms with Crippen molar-refractivity contribution in [1.82, 2.24) is 0 Å². The summed E-state index contributed by atoms with van der Waals surface area (Å²) in [6, 6.07) is 31.6. The minimum Gasteiger partial charge on any atom is -0.494 e. The minimum absolute atomic E-state index is 0.359. The second-order valence-corrected chi connectivity index (χ2v) is 10.6. The topological polar surface area (TPSA) is 63.7 Å². The van der Waals surface area contributed by atoms with Crippen LogP contribution < -0.4 is 9.64 Å². The summed E-state index contributed by atoms with van der Waals surface area (Å²) in [6.45, 7) is 2.55. The molecule has 208 valence electrons. The molecule has 42 heavy (non-hydrogen) atoms. The van der Waals surface area contributed by atoms with Gasteiger partial charge in [0.15, 0.2) is 0 Å². The third kappa shape index (κ3) is 4.88. The monoisotopic (exact) mass is 553 g/mol. The van der Waals surface area contributed by atoms with Crippen LogP contribution in [0.15, 0.2) is 97.1 Å². The number of aldehydes is 1. The van der Waals surface area contributed by atoms with Crippen molar-refractivity contribution in [2.24, 2.45) is 0 Å². The number of rotatable bonds is 10. The lowest BCUT2D eigenvalue weighted by atomic mass is 9.86. The highest BCUT2D eigenvalue weighted by Crippen LogP contribution is 2.41. The molecule has 0 fully saturated rings. The average molecular weight is 554 g/mol. The zero-order valence-corrected chi connectivity index (χ0v) is 23.5. The van der Waals surface area contributed by atoms with Crippen LogP contribution in [0, 0.1) is 6.92 Å². The van der Waals surface area contributed by atoms with Crippen molar-refractivity contribution in [1.29, 1.82) is 0 Å². The van der Waals surface area contributed by atoms with Crippen LogP contribution in [0.4, 0.5) is 5.69 Å². The predicted molar refractivity (Wildman–Crippen MR) is 171 cm³/mol. The van der Waals surface area contributed by atoms with Gasteiger partial charge < -0.3 is 9.53 Å². The first-order chi connectivity index (χ1) is 20.6. The standard InChI is InChI=1S/C37H31NO4/c1-25-30-18-15-26-11-7-8-14-31(26)35(30)36-32-20-17-29(42-22-10-3-2-9-21-39)23-27(32)16-19-33(36)34(25)37(41)38(24-40)28-12-5-4-6-13-28/h4-8,11-21,23-24H,2-3,9-10,22H2,1H3. The van der Waals surface area contributed by atoms with Crippen LogP contribution in [-0.4, -0.2) is 25.2 Å². The molecule has 5 heteroatoms. The van der Waals surface area contributed by atoms with Crippen molar-refractivity contribution in [3.05, 3.63) is 108 Å². The van der Waals surface area contributed by atoms with Crippen LogP contribution in [0.5, 0.6) is 5.75 Å². The highest BCUT2D eigenvalue weighted by atomic mass is 16.5. The third-order valence-corrected chi connectivity index (χ3v) is 8.03. The summed E-state index contributed by atoms with van der Waals surface area (Å²) >= 11 is 0. The molecular weight excluding hydrogens is 522 g/mol. The van der Waals surface area contributed by atoms with E-state index in [1.165, 1.54) is 4.90 Å². The number of fused-ring (bicyclic) bond motifs is 7. The molecule has 0 saturated heterocycles. The molecule has 0 atom stereocenters. The van der Waals surface area contributed by atoms with E-state index in [0.717, 1.165) is 80.0 Å². The van der Waals surface area contributed by atoms with Gasteiger partial charge in [-0.1, -0.05) is 72.8 Å². The number of hydrogen-bond acceptors (Lipinski definition) is 4. The number of anilines is 1. The fraction of sp³-hybridized carbons (Fsp3) is 0.162. The fourth-order valence-electron chi connectivity index (χ4n) is 5.97. The Balaban J connectivity index is 1.56. The molecule has 0 unspecified atom stereocenters. The second kappa shape index (κ2) is 11.8. The lowest BCUT2D eigenvalue weighted by Gasteiger charge is -2.21. The van der Waals surface area contributed by atoms with E-state index in [1.807, 2.05) is 61.5 Å². The molecule has 0 radical (unpaired) electrons. The van der Waals surface area contributed by atoms with E-state index in [9.17, 15) is 14.4 Å². The first-order valence-electron chi connectivity index (χ1n) is 14.3. The van der Waals surface area contributed by atoms with Crippen LogP contribution in [0.25, 0.3) is 43.1 Å². The van der Waals surface area contributed by atoms with Gasteiger partial charge in [-0.2, -0.15) is 0 Å². The average Bonchev–Trinajstić information content (AvgIpc) is 3.03. The van der Waals surface area contributed by atoms with Gasteiger partial charge in [0.05, 0.1) is 17.9 Å². The van der Waals surface area contributed by atoms with Gasteiger partial charge in [-0.25, -0.2) is 4.90 Å². The van der Waals surface area contributed by atoms with Gasteiger partial charge in [0.25, 0.3) is 5.91 Å². The molecule has 0 bridgehead atoms. The zero-order chi connectivity index (χ0) is 29.1. The van der Waals surface area contributed by atoms with Crippen LogP contribution in [0.1, 0.15) is 41.6 Å². The smallest absolute Gasteiger partial charge is 0.265 e. The van der Waals surface area contributed by atoms with E-state index in [2.05, 4.69) is 30.3 Å². The van der Waals surface area contributed by atoms with E-state index in [1.54, 1.807) is 12.1 Å². The molecule has 6 aromatic rings. The van der Waals surface area contributed by atoms with E-state index >= 15 is 0 Å². The minimum atomic E-state index is -0.359. The number of carbonyl (C=O) groups excluding carboxylic acids is 3. The summed E-state index contributed by atoms with van der Waals surface area (Å²) in [5.74, 6) is 0.425. The summed E-state index contributed by atoms with van der Waals surface area (Å²) in [5, 5.41) is 8.10.